The molecule has 0 N–H and O–H groups in total. The van der Waals surface area contributed by atoms with E-state index in [0.29, 0.717) is 20.1 Å². The SMILES string of the molecule is F[B-]1(F)n2c(cc3oc(-c4ccccc4)cc32)C(C(F)(F)F)=C2C=c3oc(-c4ccccc4)cc3=[N+]21. The lowest BCUT2D eigenvalue weighted by Crippen LogP contribution is -2.57. The van der Waals surface area contributed by atoms with Gasteiger partial charge in [-0.25, -0.2) is 0 Å². The average molecular weight is 492 g/mol. The molecule has 0 unspecified atom stereocenters. The first-order valence-corrected chi connectivity index (χ1v) is 11.1. The molecule has 0 bridgehead atoms. The van der Waals surface area contributed by atoms with E-state index in [-0.39, 0.29) is 33.4 Å². The maximum atomic E-state index is 16.2. The Balaban J connectivity index is 1.53. The second kappa shape index (κ2) is 6.87. The van der Waals surface area contributed by atoms with Crippen LogP contribution in [0.2, 0.25) is 0 Å². The van der Waals surface area contributed by atoms with Crippen molar-refractivity contribution in [1.29, 1.82) is 0 Å². The molecule has 10 heteroatoms. The molecule has 0 aliphatic carbocycles. The molecule has 0 amide bonds. The van der Waals surface area contributed by atoms with E-state index in [4.69, 9.17) is 8.83 Å². The van der Waals surface area contributed by atoms with Crippen LogP contribution < -0.4 is 15.3 Å². The monoisotopic (exact) mass is 492 g/mol. The van der Waals surface area contributed by atoms with Crippen LogP contribution in [-0.4, -0.2) is 17.6 Å². The van der Waals surface area contributed by atoms with Gasteiger partial charge in [0.15, 0.2) is 11.1 Å². The van der Waals surface area contributed by atoms with Gasteiger partial charge in [-0.05, 0) is 0 Å². The highest BCUT2D eigenvalue weighted by Crippen LogP contribution is 2.46. The van der Waals surface area contributed by atoms with Crippen LogP contribution in [0.3, 0.4) is 0 Å². The Labute approximate surface area is 199 Å². The van der Waals surface area contributed by atoms with E-state index in [1.165, 1.54) is 12.1 Å². The van der Waals surface area contributed by atoms with Crippen LogP contribution in [0, 0.1) is 0 Å². The highest BCUT2D eigenvalue weighted by atomic mass is 19.4. The lowest BCUT2D eigenvalue weighted by Gasteiger charge is -2.31. The topological polar surface area (TPSA) is 34.2 Å². The third-order valence-corrected chi connectivity index (χ3v) is 6.59. The maximum absolute atomic E-state index is 16.2. The molecule has 7 rings (SSSR count). The Hall–Kier alpha value is -4.34. The molecule has 36 heavy (non-hydrogen) atoms. The zero-order chi connectivity index (χ0) is 24.8. The van der Waals surface area contributed by atoms with Crippen molar-refractivity contribution < 1.29 is 30.6 Å². The first-order chi connectivity index (χ1) is 17.2. The summed E-state index contributed by atoms with van der Waals surface area (Å²) >= 11 is 0. The summed E-state index contributed by atoms with van der Waals surface area (Å²) in [7, 11) is 0. The van der Waals surface area contributed by atoms with Gasteiger partial charge < -0.3 is 26.4 Å². The fourth-order valence-electron chi connectivity index (χ4n) is 5.10. The summed E-state index contributed by atoms with van der Waals surface area (Å²) in [6, 6.07) is 21.3. The summed E-state index contributed by atoms with van der Waals surface area (Å²) in [5.41, 5.74) is -1.42. The maximum Gasteiger partial charge on any atom is 0.738 e. The van der Waals surface area contributed by atoms with E-state index in [1.54, 1.807) is 60.7 Å². The molecule has 0 saturated carbocycles. The minimum Gasteiger partial charge on any atom is -0.455 e. The zero-order valence-electron chi connectivity index (χ0n) is 18.3. The predicted molar refractivity (Wildman–Crippen MR) is 125 cm³/mol. The first-order valence-electron chi connectivity index (χ1n) is 11.1. The van der Waals surface area contributed by atoms with Crippen LogP contribution >= 0.6 is 0 Å². The standard InChI is InChI=1S/C26H14BF5N2O2/c28-26(29,30)25-19-13-23-17(11-21(35-23)15-7-3-1-4-8-15)33(19)27(31,32)34-18-12-22(16-9-5-2-6-10-16)36-24(18)14-20(25)34/h1-14H. The summed E-state index contributed by atoms with van der Waals surface area (Å²) in [4.78, 5) is 0. The fourth-order valence-corrected chi connectivity index (χ4v) is 5.10. The Morgan fingerprint density at radius 3 is 2.00 bits per heavy atom. The number of alkyl halides is 3. The van der Waals surface area contributed by atoms with Crippen LogP contribution in [0.1, 0.15) is 5.69 Å². The van der Waals surface area contributed by atoms with Gasteiger partial charge in [-0.3, -0.25) is 0 Å². The van der Waals surface area contributed by atoms with Gasteiger partial charge in [0.05, 0.1) is 17.7 Å². The summed E-state index contributed by atoms with van der Waals surface area (Å²) in [6.45, 7) is -4.72. The van der Waals surface area contributed by atoms with E-state index in [2.05, 4.69) is 0 Å². The van der Waals surface area contributed by atoms with Crippen molar-refractivity contribution in [2.45, 2.75) is 6.18 Å². The number of halogens is 5. The zero-order valence-corrected chi connectivity index (χ0v) is 18.3. The highest BCUT2D eigenvalue weighted by Gasteiger charge is 2.58. The molecule has 0 saturated heterocycles. The fraction of sp³-hybridized carbons (Fsp3) is 0.0385. The number of hydrogen-bond donors (Lipinski definition) is 0. The smallest absolute Gasteiger partial charge is 0.455 e. The van der Waals surface area contributed by atoms with Crippen LogP contribution in [-0.2, 0) is 0 Å². The molecule has 2 aromatic carbocycles. The molecular weight excluding hydrogens is 478 g/mol. The molecule has 2 aliphatic rings. The third-order valence-electron chi connectivity index (χ3n) is 6.59. The molecule has 178 valence electrons. The van der Waals surface area contributed by atoms with Gasteiger partial charge in [0.2, 0.25) is 5.36 Å². The summed E-state index contributed by atoms with van der Waals surface area (Å²) in [6.07, 6.45) is -3.87. The van der Waals surface area contributed by atoms with E-state index >= 15 is 8.63 Å². The number of rotatable bonds is 2. The Kier molecular flexibility index (Phi) is 4.01. The largest absolute Gasteiger partial charge is 0.738 e. The number of hydrogen-bond acceptors (Lipinski definition) is 2. The second-order valence-electron chi connectivity index (χ2n) is 8.71. The third kappa shape index (κ3) is 2.78. The van der Waals surface area contributed by atoms with Gasteiger partial charge in [0, 0.05) is 29.0 Å². The van der Waals surface area contributed by atoms with Crippen LogP contribution in [0.5, 0.6) is 0 Å². The first kappa shape index (κ1) is 21.0. The minimum absolute atomic E-state index is 0.0497. The molecular formula is C26H14BF5N2O2. The summed E-state index contributed by atoms with van der Waals surface area (Å²) in [5, 5.41) is -0.116. The molecule has 5 aromatic rings. The van der Waals surface area contributed by atoms with Gasteiger partial charge in [0.25, 0.3) is 0 Å². The molecule has 0 spiro atoms. The van der Waals surface area contributed by atoms with Gasteiger partial charge in [-0.2, -0.15) is 13.2 Å². The number of aromatic nitrogens is 1. The van der Waals surface area contributed by atoms with Crippen LogP contribution in [0.25, 0.3) is 45.4 Å². The quantitative estimate of drug-likeness (QED) is 0.236. The van der Waals surface area contributed by atoms with Gasteiger partial charge in [-0.1, -0.05) is 60.7 Å². The lowest BCUT2D eigenvalue weighted by molar-refractivity contribution is -0.0699. The van der Waals surface area contributed by atoms with Crippen molar-refractivity contribution in [2.24, 2.45) is 0 Å². The van der Waals surface area contributed by atoms with Gasteiger partial charge in [0.1, 0.15) is 22.7 Å². The number of allylic oxidation sites excluding steroid dienone is 2. The van der Waals surface area contributed by atoms with Crippen molar-refractivity contribution in [3.8, 4) is 22.6 Å². The Morgan fingerprint density at radius 1 is 0.778 bits per heavy atom. The van der Waals surface area contributed by atoms with Crippen LogP contribution in [0.15, 0.2) is 93.4 Å². The minimum atomic E-state index is -4.90. The highest BCUT2D eigenvalue weighted by molar-refractivity contribution is 6.65. The Morgan fingerprint density at radius 2 is 1.39 bits per heavy atom. The van der Waals surface area contributed by atoms with Crippen molar-refractivity contribution in [2.75, 3.05) is 0 Å². The van der Waals surface area contributed by atoms with Gasteiger partial charge in [-0.15, -0.1) is 0 Å². The van der Waals surface area contributed by atoms with E-state index in [0.717, 1.165) is 12.1 Å². The molecule has 5 heterocycles. The summed E-state index contributed by atoms with van der Waals surface area (Å²) < 4.78 is 87.9. The second-order valence-corrected chi connectivity index (χ2v) is 8.71. The number of fused-ring (bicyclic) bond motifs is 5. The van der Waals surface area contributed by atoms with Crippen molar-refractivity contribution >= 4 is 29.7 Å². The summed E-state index contributed by atoms with van der Waals surface area (Å²) in [5.74, 6) is 0.573. The van der Waals surface area contributed by atoms with Crippen molar-refractivity contribution in [3.63, 3.8) is 0 Å². The molecule has 0 radical (unpaired) electrons. The van der Waals surface area contributed by atoms with E-state index in [9.17, 15) is 13.2 Å². The molecule has 3 aromatic heterocycles. The molecule has 4 nitrogen and oxygen atoms in total. The normalized spacial score (nSPS) is 16.2. The predicted octanol–water partition coefficient (Wildman–Crippen LogP) is 5.66. The van der Waals surface area contributed by atoms with E-state index < -0.39 is 30.1 Å². The van der Waals surface area contributed by atoms with Gasteiger partial charge >= 0.3 is 13.1 Å². The van der Waals surface area contributed by atoms with Crippen molar-refractivity contribution in [1.82, 2.24) is 8.96 Å². The molecule has 0 atom stereocenters. The average Bonchev–Trinajstić information content (AvgIpc) is 3.57. The Bertz CT molecular complexity index is 1850. The van der Waals surface area contributed by atoms with E-state index in [1.807, 2.05) is 0 Å². The number of nitrogens with zero attached hydrogens (tertiary/aromatic N) is 2. The number of benzene rings is 2. The number of furan rings is 2. The molecule has 0 fully saturated rings. The molecule has 2 aliphatic heterocycles. The van der Waals surface area contributed by atoms with Crippen LogP contribution in [0.4, 0.5) is 21.8 Å². The lowest BCUT2D eigenvalue weighted by atomic mass is 9.88. The van der Waals surface area contributed by atoms with Crippen molar-refractivity contribution in [3.05, 3.63) is 101 Å².